The second kappa shape index (κ2) is 6.40. The van der Waals surface area contributed by atoms with E-state index in [-0.39, 0.29) is 11.9 Å². The lowest BCUT2D eigenvalue weighted by molar-refractivity contribution is -0.147. The molecule has 0 saturated carbocycles. The molecule has 14 heavy (non-hydrogen) atoms. The smallest absolute Gasteiger partial charge is 0.328 e. The Balaban J connectivity index is 4.22. The number of rotatable bonds is 5. The maximum Gasteiger partial charge on any atom is 0.328 e. The van der Waals surface area contributed by atoms with Crippen LogP contribution >= 0.6 is 0 Å². The fourth-order valence-electron chi connectivity index (χ4n) is 1.17. The summed E-state index contributed by atoms with van der Waals surface area (Å²) in [4.78, 5) is 22.2. The number of esters is 1. The number of carbonyl (C=O) groups excluding carboxylic acids is 2. The zero-order valence-corrected chi connectivity index (χ0v) is 9.29. The van der Waals surface area contributed by atoms with E-state index in [9.17, 15) is 9.59 Å². The van der Waals surface area contributed by atoms with E-state index in [1.807, 2.05) is 13.8 Å². The van der Waals surface area contributed by atoms with E-state index in [1.165, 1.54) is 6.92 Å². The molecule has 0 aromatic heterocycles. The SMILES string of the molecule is CCOC(=O)C(CC(C)C)NC(C)=O. The molecule has 1 atom stereocenters. The van der Waals surface area contributed by atoms with E-state index in [4.69, 9.17) is 4.74 Å². The van der Waals surface area contributed by atoms with Crippen molar-refractivity contribution in [3.8, 4) is 0 Å². The largest absolute Gasteiger partial charge is 0.464 e. The lowest BCUT2D eigenvalue weighted by Gasteiger charge is -2.17. The van der Waals surface area contributed by atoms with E-state index >= 15 is 0 Å². The number of carbonyl (C=O) groups is 2. The van der Waals surface area contributed by atoms with Gasteiger partial charge in [0.2, 0.25) is 5.91 Å². The zero-order chi connectivity index (χ0) is 11.1. The van der Waals surface area contributed by atoms with Crippen molar-refractivity contribution in [2.75, 3.05) is 6.61 Å². The van der Waals surface area contributed by atoms with Crippen molar-refractivity contribution in [3.63, 3.8) is 0 Å². The molecule has 0 fully saturated rings. The first-order chi connectivity index (χ1) is 6.47. The summed E-state index contributed by atoms with van der Waals surface area (Å²) in [5, 5.41) is 2.58. The molecule has 1 amide bonds. The van der Waals surface area contributed by atoms with Crippen LogP contribution in [-0.4, -0.2) is 24.5 Å². The van der Waals surface area contributed by atoms with Crippen LogP contribution in [0.15, 0.2) is 0 Å². The van der Waals surface area contributed by atoms with Crippen molar-refractivity contribution >= 4 is 11.9 Å². The van der Waals surface area contributed by atoms with Gasteiger partial charge in [-0.15, -0.1) is 0 Å². The minimum atomic E-state index is -0.507. The van der Waals surface area contributed by atoms with E-state index in [2.05, 4.69) is 5.32 Å². The average molecular weight is 201 g/mol. The summed E-state index contributed by atoms with van der Waals surface area (Å²) in [6, 6.07) is -0.507. The highest BCUT2D eigenvalue weighted by atomic mass is 16.5. The Morgan fingerprint density at radius 3 is 2.29 bits per heavy atom. The van der Waals surface area contributed by atoms with Crippen LogP contribution in [0.1, 0.15) is 34.1 Å². The van der Waals surface area contributed by atoms with E-state index in [1.54, 1.807) is 6.92 Å². The first-order valence-corrected chi connectivity index (χ1v) is 4.91. The van der Waals surface area contributed by atoms with Crippen LogP contribution in [0, 0.1) is 5.92 Å². The van der Waals surface area contributed by atoms with Crippen molar-refractivity contribution < 1.29 is 14.3 Å². The molecule has 82 valence electrons. The predicted molar refractivity (Wildman–Crippen MR) is 53.7 cm³/mol. The van der Waals surface area contributed by atoms with Crippen LogP contribution < -0.4 is 5.32 Å². The summed E-state index contributed by atoms with van der Waals surface area (Å²) in [5.74, 6) is -0.212. The van der Waals surface area contributed by atoms with Gasteiger partial charge in [0.1, 0.15) is 6.04 Å². The van der Waals surface area contributed by atoms with Gasteiger partial charge in [0.15, 0.2) is 0 Å². The molecule has 0 aliphatic rings. The fourth-order valence-corrected chi connectivity index (χ4v) is 1.17. The van der Waals surface area contributed by atoms with E-state index in [0.717, 1.165) is 0 Å². The summed E-state index contributed by atoms with van der Waals surface area (Å²) in [5.41, 5.74) is 0. The van der Waals surface area contributed by atoms with Crippen molar-refractivity contribution in [1.29, 1.82) is 0 Å². The molecule has 0 radical (unpaired) electrons. The van der Waals surface area contributed by atoms with Crippen molar-refractivity contribution in [1.82, 2.24) is 5.32 Å². The molecule has 0 spiro atoms. The summed E-state index contributed by atoms with van der Waals surface area (Å²) >= 11 is 0. The third-order valence-corrected chi connectivity index (χ3v) is 1.66. The summed E-state index contributed by atoms with van der Waals surface area (Å²) in [6.07, 6.45) is 0.610. The van der Waals surface area contributed by atoms with Crippen molar-refractivity contribution in [2.24, 2.45) is 5.92 Å². The number of hydrogen-bond acceptors (Lipinski definition) is 3. The van der Waals surface area contributed by atoms with Crippen LogP contribution in [0.5, 0.6) is 0 Å². The van der Waals surface area contributed by atoms with Gasteiger partial charge >= 0.3 is 5.97 Å². The Hall–Kier alpha value is -1.06. The molecule has 4 nitrogen and oxygen atoms in total. The Labute approximate surface area is 85.0 Å². The number of hydrogen-bond donors (Lipinski definition) is 1. The Bertz CT molecular complexity index is 202. The second-order valence-corrected chi connectivity index (χ2v) is 3.63. The van der Waals surface area contributed by atoms with Crippen LogP contribution in [0.25, 0.3) is 0 Å². The Morgan fingerprint density at radius 2 is 1.93 bits per heavy atom. The van der Waals surface area contributed by atoms with Crippen LogP contribution in [0.4, 0.5) is 0 Å². The molecule has 0 bridgehead atoms. The molecule has 0 rings (SSSR count). The number of amides is 1. The first kappa shape index (κ1) is 12.9. The predicted octanol–water partition coefficient (Wildman–Crippen LogP) is 1.10. The van der Waals surface area contributed by atoms with Crippen LogP contribution in [0.3, 0.4) is 0 Å². The highest BCUT2D eigenvalue weighted by molar-refractivity contribution is 5.83. The van der Waals surface area contributed by atoms with Gasteiger partial charge in [-0.1, -0.05) is 13.8 Å². The van der Waals surface area contributed by atoms with Gasteiger partial charge in [0, 0.05) is 6.92 Å². The monoisotopic (exact) mass is 201 g/mol. The maximum absolute atomic E-state index is 11.4. The van der Waals surface area contributed by atoms with Gasteiger partial charge in [-0.05, 0) is 19.3 Å². The Morgan fingerprint density at radius 1 is 1.36 bits per heavy atom. The quantitative estimate of drug-likeness (QED) is 0.678. The average Bonchev–Trinajstić information content (AvgIpc) is 2.01. The Kier molecular flexibility index (Phi) is 5.92. The zero-order valence-electron chi connectivity index (χ0n) is 9.29. The molecule has 0 aliphatic carbocycles. The first-order valence-electron chi connectivity index (χ1n) is 4.91. The van der Waals surface area contributed by atoms with Crippen LogP contribution in [-0.2, 0) is 14.3 Å². The highest BCUT2D eigenvalue weighted by Gasteiger charge is 2.21. The third kappa shape index (κ3) is 5.56. The van der Waals surface area contributed by atoms with Gasteiger partial charge in [-0.3, -0.25) is 4.79 Å². The molecule has 0 aliphatic heterocycles. The molecular formula is C10H19NO3. The summed E-state index contributed by atoms with van der Waals surface area (Å²) in [7, 11) is 0. The van der Waals surface area contributed by atoms with E-state index < -0.39 is 6.04 Å². The highest BCUT2D eigenvalue weighted by Crippen LogP contribution is 2.06. The van der Waals surface area contributed by atoms with Gasteiger partial charge in [-0.25, -0.2) is 4.79 Å². The van der Waals surface area contributed by atoms with Gasteiger partial charge < -0.3 is 10.1 Å². The number of ether oxygens (including phenoxy) is 1. The molecular weight excluding hydrogens is 182 g/mol. The summed E-state index contributed by atoms with van der Waals surface area (Å²) < 4.78 is 4.85. The lowest BCUT2D eigenvalue weighted by atomic mass is 10.0. The molecule has 1 unspecified atom stereocenters. The topological polar surface area (TPSA) is 55.4 Å². The van der Waals surface area contributed by atoms with E-state index in [0.29, 0.717) is 18.9 Å². The number of nitrogens with one attached hydrogen (secondary N) is 1. The normalized spacial score (nSPS) is 12.4. The lowest BCUT2D eigenvalue weighted by Crippen LogP contribution is -2.41. The molecule has 1 N–H and O–H groups in total. The third-order valence-electron chi connectivity index (χ3n) is 1.66. The van der Waals surface area contributed by atoms with Crippen molar-refractivity contribution in [2.45, 2.75) is 40.2 Å². The minimum Gasteiger partial charge on any atom is -0.464 e. The minimum absolute atomic E-state index is 0.205. The molecule has 0 aromatic rings. The molecule has 0 heterocycles. The fraction of sp³-hybridized carbons (Fsp3) is 0.800. The standard InChI is InChI=1S/C10H19NO3/c1-5-14-10(13)9(6-7(2)3)11-8(4)12/h7,9H,5-6H2,1-4H3,(H,11,12). The van der Waals surface area contributed by atoms with Gasteiger partial charge in [0.25, 0.3) is 0 Å². The molecule has 0 aromatic carbocycles. The van der Waals surface area contributed by atoms with Crippen LogP contribution in [0.2, 0.25) is 0 Å². The maximum atomic E-state index is 11.4. The van der Waals surface area contributed by atoms with Crippen molar-refractivity contribution in [3.05, 3.63) is 0 Å². The summed E-state index contributed by atoms with van der Waals surface area (Å²) in [6.45, 7) is 7.47. The van der Waals surface area contributed by atoms with Gasteiger partial charge in [0.05, 0.1) is 6.61 Å². The second-order valence-electron chi connectivity index (χ2n) is 3.63. The molecule has 0 saturated heterocycles. The molecule has 4 heteroatoms. The van der Waals surface area contributed by atoms with Gasteiger partial charge in [-0.2, -0.15) is 0 Å².